The number of carbonyl (C=O) groups is 2. The molecule has 7 nitrogen and oxygen atoms in total. The molecule has 8 heteroatoms. The van der Waals surface area contributed by atoms with Crippen molar-refractivity contribution in [3.05, 3.63) is 0 Å². The molecule has 0 radical (unpaired) electrons. The van der Waals surface area contributed by atoms with Gasteiger partial charge in [-0.1, -0.05) is 6.92 Å². The van der Waals surface area contributed by atoms with Gasteiger partial charge in [-0.05, 0) is 20.3 Å². The highest BCUT2D eigenvalue weighted by Crippen LogP contribution is 2.13. The van der Waals surface area contributed by atoms with Crippen LogP contribution in [-0.2, 0) is 14.6 Å². The maximum atomic E-state index is 11.6. The van der Waals surface area contributed by atoms with Crippen molar-refractivity contribution in [2.24, 2.45) is 0 Å². The summed E-state index contributed by atoms with van der Waals surface area (Å²) in [6.07, 6.45) is 1.42. The van der Waals surface area contributed by atoms with Crippen LogP contribution in [0.1, 0.15) is 33.6 Å². The van der Waals surface area contributed by atoms with Gasteiger partial charge < -0.3 is 15.7 Å². The van der Waals surface area contributed by atoms with Crippen LogP contribution in [-0.4, -0.2) is 49.1 Å². The number of hydrogen-bond acceptors (Lipinski definition) is 4. The summed E-state index contributed by atoms with van der Waals surface area (Å²) < 4.78 is 21.8. The average molecular weight is 294 g/mol. The summed E-state index contributed by atoms with van der Waals surface area (Å²) in [5.74, 6) is -0.997. The molecule has 0 aromatic rings. The van der Waals surface area contributed by atoms with Gasteiger partial charge >= 0.3 is 12.0 Å². The largest absolute Gasteiger partial charge is 0.481 e. The Balaban J connectivity index is 4.37. The van der Waals surface area contributed by atoms with Gasteiger partial charge in [-0.25, -0.2) is 13.2 Å². The van der Waals surface area contributed by atoms with Crippen LogP contribution in [0.3, 0.4) is 0 Å². The van der Waals surface area contributed by atoms with Crippen molar-refractivity contribution in [1.29, 1.82) is 0 Å². The fourth-order valence-corrected chi connectivity index (χ4v) is 1.50. The number of carboxylic acid groups (broad SMARTS) is 1. The minimum Gasteiger partial charge on any atom is -0.481 e. The summed E-state index contributed by atoms with van der Waals surface area (Å²) in [6, 6.07) is -1.04. The molecule has 0 saturated carbocycles. The number of hydrogen-bond donors (Lipinski definition) is 3. The summed E-state index contributed by atoms with van der Waals surface area (Å²) in [4.78, 5) is 22.1. The molecule has 0 spiro atoms. The van der Waals surface area contributed by atoms with E-state index >= 15 is 0 Å². The molecule has 2 amide bonds. The minimum absolute atomic E-state index is 0.0405. The van der Waals surface area contributed by atoms with E-state index in [1.807, 2.05) is 0 Å². The van der Waals surface area contributed by atoms with Crippen LogP contribution >= 0.6 is 0 Å². The number of rotatable bonds is 7. The first kappa shape index (κ1) is 17.7. The van der Waals surface area contributed by atoms with Crippen molar-refractivity contribution in [1.82, 2.24) is 10.6 Å². The van der Waals surface area contributed by atoms with Gasteiger partial charge in [0.1, 0.15) is 0 Å². The van der Waals surface area contributed by atoms with Gasteiger partial charge in [-0.3, -0.25) is 4.79 Å². The van der Waals surface area contributed by atoms with Crippen molar-refractivity contribution < 1.29 is 23.1 Å². The van der Waals surface area contributed by atoms with E-state index in [9.17, 15) is 18.0 Å². The molecule has 0 bridgehead atoms. The number of urea groups is 1. The van der Waals surface area contributed by atoms with Gasteiger partial charge in [0.2, 0.25) is 0 Å². The molecule has 0 fully saturated rings. The predicted octanol–water partition coefficient (Wildman–Crippen LogP) is 0.362. The number of amides is 2. The third-order valence-electron chi connectivity index (χ3n) is 2.93. The second-order valence-corrected chi connectivity index (χ2v) is 7.71. The smallest absolute Gasteiger partial charge is 0.315 e. The summed E-state index contributed by atoms with van der Waals surface area (Å²) in [7, 11) is -3.29. The number of carbonyl (C=O) groups excluding carboxylic acids is 1. The van der Waals surface area contributed by atoms with E-state index in [2.05, 4.69) is 10.6 Å². The standard InChI is InChI=1S/C11H22N2O5S/c1-5-8(6-9(14)15)13-10(16)12-7-11(2,3)19(4,17)18/h8H,5-7H2,1-4H3,(H,14,15)(H2,12,13,16). The molecule has 0 aliphatic heterocycles. The Hall–Kier alpha value is -1.31. The van der Waals surface area contributed by atoms with Crippen molar-refractivity contribution in [3.63, 3.8) is 0 Å². The maximum absolute atomic E-state index is 11.6. The van der Waals surface area contributed by atoms with E-state index in [1.165, 1.54) is 13.8 Å². The lowest BCUT2D eigenvalue weighted by Gasteiger charge is -2.23. The molecule has 112 valence electrons. The Labute approximate surface area is 113 Å². The Kier molecular flexibility index (Phi) is 6.28. The summed E-state index contributed by atoms with van der Waals surface area (Å²) in [6.45, 7) is 4.74. The first-order chi connectivity index (χ1) is 8.49. The Morgan fingerprint density at radius 1 is 1.32 bits per heavy atom. The van der Waals surface area contributed by atoms with Gasteiger partial charge in [-0.15, -0.1) is 0 Å². The number of sulfone groups is 1. The van der Waals surface area contributed by atoms with Crippen LogP contribution in [0, 0.1) is 0 Å². The average Bonchev–Trinajstić information content (AvgIpc) is 2.23. The highest BCUT2D eigenvalue weighted by atomic mass is 32.2. The third-order valence-corrected chi connectivity index (χ3v) is 5.08. The molecular weight excluding hydrogens is 272 g/mol. The minimum atomic E-state index is -3.29. The summed E-state index contributed by atoms with van der Waals surface area (Å²) in [5, 5.41) is 13.6. The van der Waals surface area contributed by atoms with E-state index in [4.69, 9.17) is 5.11 Å². The topological polar surface area (TPSA) is 113 Å². The zero-order valence-corrected chi connectivity index (χ0v) is 12.5. The lowest BCUT2D eigenvalue weighted by molar-refractivity contribution is -0.137. The highest BCUT2D eigenvalue weighted by Gasteiger charge is 2.30. The molecule has 1 atom stereocenters. The fourth-order valence-electron chi connectivity index (χ4n) is 1.17. The van der Waals surface area contributed by atoms with Crippen LogP contribution < -0.4 is 10.6 Å². The van der Waals surface area contributed by atoms with E-state index in [-0.39, 0.29) is 13.0 Å². The monoisotopic (exact) mass is 294 g/mol. The highest BCUT2D eigenvalue weighted by molar-refractivity contribution is 7.92. The van der Waals surface area contributed by atoms with E-state index in [1.54, 1.807) is 6.92 Å². The molecule has 0 aromatic carbocycles. The lowest BCUT2D eigenvalue weighted by Crippen LogP contribution is -2.49. The summed E-state index contributed by atoms with van der Waals surface area (Å²) in [5.41, 5.74) is 0. The van der Waals surface area contributed by atoms with Crippen LogP contribution in [0.4, 0.5) is 4.79 Å². The Morgan fingerprint density at radius 2 is 1.84 bits per heavy atom. The number of aliphatic carboxylic acids is 1. The Bertz CT molecular complexity index is 430. The van der Waals surface area contributed by atoms with Gasteiger partial charge in [0, 0.05) is 18.8 Å². The van der Waals surface area contributed by atoms with E-state index in [0.29, 0.717) is 6.42 Å². The summed E-state index contributed by atoms with van der Waals surface area (Å²) >= 11 is 0. The van der Waals surface area contributed by atoms with Crippen LogP contribution in [0.15, 0.2) is 0 Å². The number of nitrogens with one attached hydrogen (secondary N) is 2. The first-order valence-corrected chi connectivity index (χ1v) is 7.84. The van der Waals surface area contributed by atoms with E-state index in [0.717, 1.165) is 6.26 Å². The molecule has 0 aliphatic carbocycles. The van der Waals surface area contributed by atoms with Gasteiger partial charge in [-0.2, -0.15) is 0 Å². The number of carboxylic acids is 1. The van der Waals surface area contributed by atoms with E-state index < -0.39 is 32.6 Å². The van der Waals surface area contributed by atoms with Crippen molar-refractivity contribution in [3.8, 4) is 0 Å². The first-order valence-electron chi connectivity index (χ1n) is 5.95. The van der Waals surface area contributed by atoms with Crippen molar-refractivity contribution in [2.75, 3.05) is 12.8 Å². The van der Waals surface area contributed by atoms with Crippen LogP contribution in [0.5, 0.6) is 0 Å². The van der Waals surface area contributed by atoms with Crippen LogP contribution in [0.25, 0.3) is 0 Å². The second-order valence-electron chi connectivity index (χ2n) is 5.06. The van der Waals surface area contributed by atoms with Gasteiger partial charge in [0.15, 0.2) is 9.84 Å². The molecule has 0 aromatic heterocycles. The lowest BCUT2D eigenvalue weighted by atomic mass is 10.1. The molecule has 1 unspecified atom stereocenters. The van der Waals surface area contributed by atoms with Gasteiger partial charge in [0.25, 0.3) is 0 Å². The maximum Gasteiger partial charge on any atom is 0.315 e. The molecular formula is C11H22N2O5S. The molecule has 3 N–H and O–H groups in total. The fraction of sp³-hybridized carbons (Fsp3) is 0.818. The second kappa shape index (κ2) is 6.74. The van der Waals surface area contributed by atoms with Crippen LogP contribution in [0.2, 0.25) is 0 Å². The molecule has 0 heterocycles. The predicted molar refractivity (Wildman–Crippen MR) is 71.8 cm³/mol. The zero-order chi connectivity index (χ0) is 15.3. The normalized spacial score (nSPS) is 13.7. The Morgan fingerprint density at radius 3 is 2.21 bits per heavy atom. The van der Waals surface area contributed by atoms with Crippen molar-refractivity contribution >= 4 is 21.8 Å². The van der Waals surface area contributed by atoms with Crippen molar-refractivity contribution in [2.45, 2.75) is 44.4 Å². The quantitative estimate of drug-likeness (QED) is 0.627. The molecule has 0 saturated heterocycles. The zero-order valence-electron chi connectivity index (χ0n) is 11.7. The molecule has 19 heavy (non-hydrogen) atoms. The molecule has 0 aliphatic rings. The molecule has 0 rings (SSSR count). The SMILES string of the molecule is CCC(CC(=O)O)NC(=O)NCC(C)(C)S(C)(=O)=O. The van der Waals surface area contributed by atoms with Gasteiger partial charge in [0.05, 0.1) is 11.2 Å². The third kappa shape index (κ3) is 6.42.